The zero-order valence-electron chi connectivity index (χ0n) is 19.2. The summed E-state index contributed by atoms with van der Waals surface area (Å²) >= 11 is 0. The fraction of sp³-hybridized carbons (Fsp3) is 0.462. The normalized spacial score (nSPS) is 22.9. The first-order valence-electron chi connectivity index (χ1n) is 11.5. The van der Waals surface area contributed by atoms with Crippen molar-refractivity contribution in [1.29, 1.82) is 5.26 Å². The molecule has 2 fully saturated rings. The second kappa shape index (κ2) is 9.14. The van der Waals surface area contributed by atoms with Crippen molar-refractivity contribution < 1.29 is 19.0 Å². The van der Waals surface area contributed by atoms with Crippen LogP contribution in [0.25, 0.3) is 0 Å². The number of ether oxygens (including phenoxy) is 3. The molecule has 0 aliphatic carbocycles. The number of fused-ring (bicyclic) bond motifs is 2. The molecule has 3 aliphatic rings. The minimum Gasteiger partial charge on any atom is -0.495 e. The third kappa shape index (κ3) is 4.22. The Labute approximate surface area is 194 Å². The fourth-order valence-corrected chi connectivity index (χ4v) is 5.23. The molecule has 0 aromatic heterocycles. The fourth-order valence-electron chi connectivity index (χ4n) is 5.23. The number of carbonyl (C=O) groups excluding carboxylic acids is 1. The number of esters is 1. The molecule has 0 bridgehead atoms. The summed E-state index contributed by atoms with van der Waals surface area (Å²) < 4.78 is 16.9. The molecule has 0 saturated carbocycles. The maximum absolute atomic E-state index is 11.8. The summed E-state index contributed by atoms with van der Waals surface area (Å²) in [5, 5.41) is 9.17. The lowest BCUT2D eigenvalue weighted by atomic mass is 9.94. The van der Waals surface area contributed by atoms with E-state index in [4.69, 9.17) is 19.5 Å². The average molecular weight is 448 g/mol. The standard InChI is InChI=1S/C26H29N3O4/c1-17-21(5-6-22-23(17)16-33-26(22)30)25-14-29-10-9-28(13-20(29)15-32-25)8-7-18-3-4-19(12-27)24(11-18)31-2/h3-6,11,20,25H,7-10,13-16H2,1-2H3/t20-,25+/m0/s1. The summed E-state index contributed by atoms with van der Waals surface area (Å²) in [6.07, 6.45) is 0.952. The number of rotatable bonds is 5. The number of hydrogen-bond acceptors (Lipinski definition) is 7. The van der Waals surface area contributed by atoms with Crippen molar-refractivity contribution in [3.8, 4) is 11.8 Å². The summed E-state index contributed by atoms with van der Waals surface area (Å²) in [4.78, 5) is 16.9. The van der Waals surface area contributed by atoms with E-state index in [1.807, 2.05) is 30.3 Å². The Morgan fingerprint density at radius 3 is 2.91 bits per heavy atom. The lowest BCUT2D eigenvalue weighted by molar-refractivity contribution is -0.0903. The number of morpholine rings is 1. The molecule has 5 rings (SSSR count). The SMILES string of the molecule is COc1cc(CCN2CCN3C[C@H](c4ccc5c(c4C)COC5=O)OC[C@@H]3C2)ccc1C#N. The Morgan fingerprint density at radius 1 is 1.21 bits per heavy atom. The molecule has 0 N–H and O–H groups in total. The monoisotopic (exact) mass is 447 g/mol. The van der Waals surface area contributed by atoms with Crippen LogP contribution in [0.1, 0.15) is 44.3 Å². The van der Waals surface area contributed by atoms with E-state index in [9.17, 15) is 4.79 Å². The van der Waals surface area contributed by atoms with Crippen molar-refractivity contribution in [3.05, 3.63) is 63.7 Å². The average Bonchev–Trinajstić information content (AvgIpc) is 3.23. The van der Waals surface area contributed by atoms with Crippen LogP contribution in [0.3, 0.4) is 0 Å². The molecule has 2 saturated heterocycles. The minimum atomic E-state index is -0.222. The van der Waals surface area contributed by atoms with Gasteiger partial charge in [0.15, 0.2) is 0 Å². The van der Waals surface area contributed by atoms with Crippen LogP contribution < -0.4 is 4.74 Å². The predicted octanol–water partition coefficient (Wildman–Crippen LogP) is 2.85. The second-order valence-corrected chi connectivity index (χ2v) is 9.05. The van der Waals surface area contributed by atoms with Gasteiger partial charge in [-0.25, -0.2) is 4.79 Å². The highest BCUT2D eigenvalue weighted by Crippen LogP contribution is 2.33. The number of cyclic esters (lactones) is 1. The van der Waals surface area contributed by atoms with Gasteiger partial charge in [0.05, 0.1) is 30.9 Å². The molecule has 0 amide bonds. The van der Waals surface area contributed by atoms with Crippen molar-refractivity contribution in [2.24, 2.45) is 0 Å². The number of piperazine rings is 1. The number of methoxy groups -OCH3 is 1. The van der Waals surface area contributed by atoms with Gasteiger partial charge in [-0.3, -0.25) is 4.90 Å². The summed E-state index contributed by atoms with van der Waals surface area (Å²) in [6, 6.07) is 12.3. The highest BCUT2D eigenvalue weighted by atomic mass is 16.5. The van der Waals surface area contributed by atoms with Crippen LogP contribution in [-0.2, 0) is 22.5 Å². The molecular formula is C26H29N3O4. The Hall–Kier alpha value is -2.92. The topological polar surface area (TPSA) is 75.0 Å². The first-order chi connectivity index (χ1) is 16.1. The molecule has 2 aromatic carbocycles. The zero-order chi connectivity index (χ0) is 22.9. The van der Waals surface area contributed by atoms with Crippen molar-refractivity contribution in [1.82, 2.24) is 9.80 Å². The molecule has 0 spiro atoms. The van der Waals surface area contributed by atoms with Crippen molar-refractivity contribution >= 4 is 5.97 Å². The summed E-state index contributed by atoms with van der Waals surface area (Å²) in [5.41, 5.74) is 5.75. The van der Waals surface area contributed by atoms with Gasteiger partial charge in [0, 0.05) is 44.3 Å². The van der Waals surface area contributed by atoms with Crippen LogP contribution >= 0.6 is 0 Å². The molecule has 7 nitrogen and oxygen atoms in total. The van der Waals surface area contributed by atoms with Crippen LogP contribution in [0.2, 0.25) is 0 Å². The van der Waals surface area contributed by atoms with E-state index in [1.54, 1.807) is 7.11 Å². The molecule has 3 heterocycles. The van der Waals surface area contributed by atoms with Gasteiger partial charge >= 0.3 is 5.97 Å². The maximum Gasteiger partial charge on any atom is 0.338 e. The first kappa shape index (κ1) is 21.9. The lowest BCUT2D eigenvalue weighted by Gasteiger charge is -2.46. The van der Waals surface area contributed by atoms with E-state index < -0.39 is 0 Å². The summed E-state index contributed by atoms with van der Waals surface area (Å²) in [6.45, 7) is 8.04. The molecule has 3 aliphatic heterocycles. The van der Waals surface area contributed by atoms with E-state index in [1.165, 1.54) is 11.1 Å². The number of benzene rings is 2. The molecule has 33 heavy (non-hydrogen) atoms. The van der Waals surface area contributed by atoms with Crippen LogP contribution in [-0.4, -0.2) is 68.3 Å². The third-order valence-electron chi connectivity index (χ3n) is 7.24. The first-order valence-corrected chi connectivity index (χ1v) is 11.5. The quantitative estimate of drug-likeness (QED) is 0.653. The summed E-state index contributed by atoms with van der Waals surface area (Å²) in [7, 11) is 1.60. The molecule has 172 valence electrons. The largest absolute Gasteiger partial charge is 0.495 e. The van der Waals surface area contributed by atoms with Crippen LogP contribution in [0.4, 0.5) is 0 Å². The molecule has 7 heteroatoms. The number of hydrogen-bond donors (Lipinski definition) is 0. The van der Waals surface area contributed by atoms with E-state index in [0.29, 0.717) is 36.1 Å². The van der Waals surface area contributed by atoms with Crippen LogP contribution in [0, 0.1) is 18.3 Å². The molecular weight excluding hydrogens is 418 g/mol. The predicted molar refractivity (Wildman–Crippen MR) is 122 cm³/mol. The zero-order valence-corrected chi connectivity index (χ0v) is 19.2. The third-order valence-corrected chi connectivity index (χ3v) is 7.24. The highest BCUT2D eigenvalue weighted by Gasteiger charge is 2.35. The Morgan fingerprint density at radius 2 is 2.09 bits per heavy atom. The van der Waals surface area contributed by atoms with Gasteiger partial charge in [-0.2, -0.15) is 5.26 Å². The Kier molecular flexibility index (Phi) is 6.07. The van der Waals surface area contributed by atoms with E-state index in [2.05, 4.69) is 22.8 Å². The van der Waals surface area contributed by atoms with Gasteiger partial charge in [-0.15, -0.1) is 0 Å². The highest BCUT2D eigenvalue weighted by molar-refractivity contribution is 5.93. The maximum atomic E-state index is 11.8. The van der Waals surface area contributed by atoms with Gasteiger partial charge in [-0.05, 0) is 48.2 Å². The second-order valence-electron chi connectivity index (χ2n) is 9.05. The van der Waals surface area contributed by atoms with Crippen molar-refractivity contribution in [3.63, 3.8) is 0 Å². The molecule has 2 aromatic rings. The van der Waals surface area contributed by atoms with Gasteiger partial charge in [-0.1, -0.05) is 12.1 Å². The van der Waals surface area contributed by atoms with E-state index >= 15 is 0 Å². The van der Waals surface area contributed by atoms with Gasteiger partial charge in [0.25, 0.3) is 0 Å². The molecule has 0 unspecified atom stereocenters. The smallest absolute Gasteiger partial charge is 0.338 e. The number of nitrogens with zero attached hydrogens (tertiary/aromatic N) is 3. The minimum absolute atomic E-state index is 0.0277. The lowest BCUT2D eigenvalue weighted by Crippen LogP contribution is -2.58. The van der Waals surface area contributed by atoms with Crippen LogP contribution in [0.5, 0.6) is 5.75 Å². The number of carbonyl (C=O) groups is 1. The Bertz CT molecular complexity index is 1110. The van der Waals surface area contributed by atoms with Crippen molar-refractivity contribution in [2.75, 3.05) is 46.4 Å². The Balaban J connectivity index is 1.18. The number of nitriles is 1. The summed E-state index contributed by atoms with van der Waals surface area (Å²) in [5.74, 6) is 0.421. The van der Waals surface area contributed by atoms with Gasteiger partial charge < -0.3 is 19.1 Å². The van der Waals surface area contributed by atoms with E-state index in [0.717, 1.165) is 50.3 Å². The van der Waals surface area contributed by atoms with E-state index in [-0.39, 0.29) is 12.1 Å². The van der Waals surface area contributed by atoms with Crippen LogP contribution in [0.15, 0.2) is 30.3 Å². The molecule has 2 atom stereocenters. The molecule has 0 radical (unpaired) electrons. The van der Waals surface area contributed by atoms with Crippen molar-refractivity contribution in [2.45, 2.75) is 32.1 Å². The van der Waals surface area contributed by atoms with Gasteiger partial charge in [0.2, 0.25) is 0 Å². The van der Waals surface area contributed by atoms with Gasteiger partial charge in [0.1, 0.15) is 18.4 Å².